The van der Waals surface area contributed by atoms with E-state index in [-0.39, 0.29) is 11.3 Å². The van der Waals surface area contributed by atoms with E-state index in [4.69, 9.17) is 0 Å². The molecule has 2 aromatic carbocycles. The lowest BCUT2D eigenvalue weighted by atomic mass is 10.1. The summed E-state index contributed by atoms with van der Waals surface area (Å²) >= 11 is 0. The maximum absolute atomic E-state index is 12.8. The summed E-state index contributed by atoms with van der Waals surface area (Å²) in [6.07, 6.45) is 4.60. The van der Waals surface area contributed by atoms with Crippen molar-refractivity contribution < 1.29 is 9.72 Å². The van der Waals surface area contributed by atoms with E-state index in [0.29, 0.717) is 17.1 Å². The second-order valence-electron chi connectivity index (χ2n) is 6.68. The molecule has 0 aliphatic carbocycles. The molecule has 9 heteroatoms. The van der Waals surface area contributed by atoms with Crippen molar-refractivity contribution in [3.05, 3.63) is 94.3 Å². The van der Waals surface area contributed by atoms with Gasteiger partial charge in [0.05, 0.1) is 34.0 Å². The van der Waals surface area contributed by atoms with Crippen LogP contribution in [0.25, 0.3) is 11.4 Å². The van der Waals surface area contributed by atoms with Gasteiger partial charge in [0.2, 0.25) is 0 Å². The van der Waals surface area contributed by atoms with Crippen LogP contribution >= 0.6 is 0 Å². The lowest BCUT2D eigenvalue weighted by Crippen LogP contribution is -2.14. The number of hydrogen-bond donors (Lipinski definition) is 1. The fourth-order valence-corrected chi connectivity index (χ4v) is 3.26. The van der Waals surface area contributed by atoms with Crippen LogP contribution in [0.5, 0.6) is 0 Å². The smallest absolute Gasteiger partial charge is 0.294 e. The predicted octanol–water partition coefficient (Wildman–Crippen LogP) is 3.84. The zero-order valence-corrected chi connectivity index (χ0v) is 16.3. The van der Waals surface area contributed by atoms with Crippen molar-refractivity contribution in [2.75, 3.05) is 5.32 Å². The molecule has 0 saturated heterocycles. The van der Waals surface area contributed by atoms with Crippen LogP contribution in [0.2, 0.25) is 0 Å². The van der Waals surface area contributed by atoms with Crippen molar-refractivity contribution in [2.45, 2.75) is 13.8 Å². The second kappa shape index (κ2) is 7.63. The molecule has 0 fully saturated rings. The highest BCUT2D eigenvalue weighted by atomic mass is 16.6. The summed E-state index contributed by atoms with van der Waals surface area (Å²) in [6.45, 7) is 3.65. The van der Waals surface area contributed by atoms with Gasteiger partial charge >= 0.3 is 0 Å². The highest BCUT2D eigenvalue weighted by Gasteiger charge is 2.21. The number of anilines is 1. The van der Waals surface area contributed by atoms with Crippen LogP contribution in [0, 0.1) is 24.0 Å². The van der Waals surface area contributed by atoms with Gasteiger partial charge in [-0.3, -0.25) is 14.9 Å². The van der Waals surface area contributed by atoms with Gasteiger partial charge in [-0.25, -0.2) is 9.67 Å². The second-order valence-corrected chi connectivity index (χ2v) is 6.68. The monoisotopic (exact) mass is 402 g/mol. The first kappa shape index (κ1) is 19.1. The number of benzene rings is 2. The van der Waals surface area contributed by atoms with Crippen molar-refractivity contribution in [3.8, 4) is 11.4 Å². The normalized spacial score (nSPS) is 10.7. The van der Waals surface area contributed by atoms with Crippen LogP contribution in [0.4, 0.5) is 11.4 Å². The zero-order valence-electron chi connectivity index (χ0n) is 16.3. The Hall–Kier alpha value is -4.27. The van der Waals surface area contributed by atoms with Crippen molar-refractivity contribution in [2.24, 2.45) is 0 Å². The molecule has 150 valence electrons. The number of nitrogens with zero attached hydrogens (tertiary/aromatic N) is 5. The molecular formula is C21H18N6O3. The van der Waals surface area contributed by atoms with Gasteiger partial charge in [-0.1, -0.05) is 18.2 Å². The summed E-state index contributed by atoms with van der Waals surface area (Å²) in [5.41, 5.74) is 3.18. The number of para-hydroxylation sites is 1. The average molecular weight is 402 g/mol. The summed E-state index contributed by atoms with van der Waals surface area (Å²) in [5, 5.41) is 18.9. The number of nitrogens with one attached hydrogen (secondary N) is 1. The number of carbonyl (C=O) groups is 1. The van der Waals surface area contributed by atoms with Crippen molar-refractivity contribution >= 4 is 17.3 Å². The molecule has 0 radical (unpaired) electrons. The van der Waals surface area contributed by atoms with Crippen molar-refractivity contribution in [1.82, 2.24) is 19.3 Å². The molecule has 0 unspecified atom stereocenters. The van der Waals surface area contributed by atoms with Gasteiger partial charge in [0.15, 0.2) is 0 Å². The summed E-state index contributed by atoms with van der Waals surface area (Å²) in [4.78, 5) is 27.8. The third kappa shape index (κ3) is 3.44. The van der Waals surface area contributed by atoms with E-state index in [9.17, 15) is 14.9 Å². The van der Waals surface area contributed by atoms with E-state index in [1.54, 1.807) is 23.9 Å². The van der Waals surface area contributed by atoms with Gasteiger partial charge in [-0.15, -0.1) is 0 Å². The minimum Gasteiger partial charge on any atom is -0.319 e. The molecule has 0 spiro atoms. The first-order valence-electron chi connectivity index (χ1n) is 9.15. The Labute approximate surface area is 171 Å². The summed E-state index contributed by atoms with van der Waals surface area (Å²) in [7, 11) is 0. The topological polar surface area (TPSA) is 108 Å². The number of aryl methyl sites for hydroxylation is 1. The standard InChI is InChI=1S/C21H18N6O3/c1-14-20(15(2)26(24-14)17-6-4-3-5-7-17)23-21(28)16-8-9-18(19(12-16)27(29)30)25-11-10-22-13-25/h3-13H,1-2H3,(H,23,28). The van der Waals surface area contributed by atoms with E-state index < -0.39 is 10.8 Å². The predicted molar refractivity (Wildman–Crippen MR) is 111 cm³/mol. The largest absolute Gasteiger partial charge is 0.319 e. The Morgan fingerprint density at radius 1 is 1.13 bits per heavy atom. The third-order valence-corrected chi connectivity index (χ3v) is 4.75. The molecule has 30 heavy (non-hydrogen) atoms. The number of aromatic nitrogens is 4. The molecule has 4 aromatic rings. The molecule has 0 aliphatic heterocycles. The Morgan fingerprint density at radius 3 is 2.57 bits per heavy atom. The van der Waals surface area contributed by atoms with Crippen LogP contribution in [0.15, 0.2) is 67.3 Å². The molecule has 0 atom stereocenters. The number of nitro groups is 1. The van der Waals surface area contributed by atoms with E-state index in [0.717, 1.165) is 11.4 Å². The maximum atomic E-state index is 12.8. The number of imidazole rings is 1. The SMILES string of the molecule is Cc1nn(-c2ccccc2)c(C)c1NC(=O)c1ccc(-n2ccnc2)c([N+](=O)[O-])c1. The van der Waals surface area contributed by atoms with E-state index in [2.05, 4.69) is 15.4 Å². The van der Waals surface area contributed by atoms with Crippen LogP contribution in [-0.2, 0) is 0 Å². The van der Waals surface area contributed by atoms with Gasteiger partial charge in [0, 0.05) is 24.0 Å². The van der Waals surface area contributed by atoms with Gasteiger partial charge < -0.3 is 9.88 Å². The fourth-order valence-electron chi connectivity index (χ4n) is 3.26. The molecular weight excluding hydrogens is 384 g/mol. The molecule has 1 N–H and O–H groups in total. The lowest BCUT2D eigenvalue weighted by molar-refractivity contribution is -0.384. The molecule has 9 nitrogen and oxygen atoms in total. The lowest BCUT2D eigenvalue weighted by Gasteiger charge is -2.09. The van der Waals surface area contributed by atoms with Crippen molar-refractivity contribution in [3.63, 3.8) is 0 Å². The number of nitro benzene ring substituents is 1. The van der Waals surface area contributed by atoms with Gasteiger partial charge in [0.25, 0.3) is 11.6 Å². The third-order valence-electron chi connectivity index (χ3n) is 4.75. The van der Waals surface area contributed by atoms with Crippen molar-refractivity contribution in [1.29, 1.82) is 0 Å². The summed E-state index contributed by atoms with van der Waals surface area (Å²) in [5.74, 6) is -0.450. The Bertz CT molecular complexity index is 1230. The summed E-state index contributed by atoms with van der Waals surface area (Å²) < 4.78 is 3.27. The Balaban J connectivity index is 1.66. The Kier molecular flexibility index (Phi) is 4.85. The van der Waals surface area contributed by atoms with Crippen LogP contribution in [0.1, 0.15) is 21.7 Å². The number of amides is 1. The number of carbonyl (C=O) groups excluding carboxylic acids is 1. The van der Waals surface area contributed by atoms with Crippen LogP contribution in [-0.4, -0.2) is 30.2 Å². The molecule has 2 aromatic heterocycles. The van der Waals surface area contributed by atoms with E-state index >= 15 is 0 Å². The average Bonchev–Trinajstić information content (AvgIpc) is 3.38. The zero-order chi connectivity index (χ0) is 21.3. The molecule has 0 bridgehead atoms. The minimum atomic E-state index is -0.518. The fraction of sp³-hybridized carbons (Fsp3) is 0.0952. The molecule has 4 rings (SSSR count). The van der Waals surface area contributed by atoms with Crippen LogP contribution in [0.3, 0.4) is 0 Å². The van der Waals surface area contributed by atoms with Gasteiger partial charge in [0.1, 0.15) is 5.69 Å². The molecule has 0 aliphatic rings. The maximum Gasteiger partial charge on any atom is 0.294 e. The van der Waals surface area contributed by atoms with Gasteiger partial charge in [-0.05, 0) is 38.1 Å². The number of hydrogen-bond acceptors (Lipinski definition) is 5. The number of rotatable bonds is 5. The molecule has 1 amide bonds. The highest BCUT2D eigenvalue weighted by Crippen LogP contribution is 2.27. The first-order chi connectivity index (χ1) is 14.5. The molecule has 2 heterocycles. The van der Waals surface area contributed by atoms with E-state index in [1.165, 1.54) is 29.2 Å². The highest BCUT2D eigenvalue weighted by molar-refractivity contribution is 6.05. The molecule has 0 saturated carbocycles. The van der Waals surface area contributed by atoms with E-state index in [1.807, 2.05) is 37.3 Å². The Morgan fingerprint density at radius 2 is 1.90 bits per heavy atom. The van der Waals surface area contributed by atoms with Gasteiger partial charge in [-0.2, -0.15) is 5.10 Å². The first-order valence-corrected chi connectivity index (χ1v) is 9.15. The summed E-state index contributed by atoms with van der Waals surface area (Å²) in [6, 6.07) is 13.9. The quantitative estimate of drug-likeness (QED) is 0.403. The van der Waals surface area contributed by atoms with Crippen LogP contribution < -0.4 is 5.32 Å². The minimum absolute atomic E-state index is 0.178.